The Morgan fingerprint density at radius 1 is 0.344 bits per heavy atom. The molecule has 1 nitrogen and oxygen atoms in total. The summed E-state index contributed by atoms with van der Waals surface area (Å²) in [4.78, 5) is 2.54. The van der Waals surface area contributed by atoms with Gasteiger partial charge in [-0.05, 0) is 114 Å². The second-order valence-electron chi connectivity index (χ2n) is 16.6. The van der Waals surface area contributed by atoms with Crippen molar-refractivity contribution in [2.24, 2.45) is 0 Å². The summed E-state index contributed by atoms with van der Waals surface area (Å²) in [6.45, 7) is 0. The average molecular weight is 782 g/mol. The second kappa shape index (κ2) is 16.1. The van der Waals surface area contributed by atoms with E-state index in [0.717, 1.165) is 17.1 Å². The Kier molecular flexibility index (Phi) is 9.71. The van der Waals surface area contributed by atoms with Crippen LogP contribution in [0.2, 0.25) is 0 Å². The minimum atomic E-state index is 0.573. The number of nitrogens with zero attached hydrogens (tertiary/aromatic N) is 1. The first-order valence-corrected chi connectivity index (χ1v) is 22.0. The van der Waals surface area contributed by atoms with Crippen molar-refractivity contribution in [1.29, 1.82) is 0 Å². The smallest absolute Gasteiger partial charge is 0.0546 e. The molecule has 0 heterocycles. The molecule has 10 aromatic rings. The zero-order valence-corrected chi connectivity index (χ0v) is 34.3. The van der Waals surface area contributed by atoms with Crippen LogP contribution in [0, 0.1) is 0 Å². The fourth-order valence-corrected chi connectivity index (χ4v) is 10.3. The summed E-state index contributed by atoms with van der Waals surface area (Å²) in [6, 6.07) is 80.9. The Labute approximate surface area is 359 Å². The Balaban J connectivity index is 1.19. The van der Waals surface area contributed by atoms with Gasteiger partial charge in [0.1, 0.15) is 0 Å². The van der Waals surface area contributed by atoms with E-state index >= 15 is 0 Å². The first kappa shape index (κ1) is 36.8. The summed E-state index contributed by atoms with van der Waals surface area (Å²) < 4.78 is 0. The average Bonchev–Trinajstić information content (AvgIpc) is 3.34. The predicted molar refractivity (Wildman–Crippen MR) is 261 cm³/mol. The third kappa shape index (κ3) is 6.77. The number of rotatable bonds is 8. The van der Waals surface area contributed by atoms with Gasteiger partial charge >= 0.3 is 0 Å². The lowest BCUT2D eigenvalue weighted by Gasteiger charge is -2.32. The van der Waals surface area contributed by atoms with E-state index in [-0.39, 0.29) is 0 Å². The van der Waals surface area contributed by atoms with Crippen LogP contribution < -0.4 is 4.90 Å². The van der Waals surface area contributed by atoms with Gasteiger partial charge in [0.2, 0.25) is 0 Å². The first-order valence-electron chi connectivity index (χ1n) is 22.0. The summed E-state index contributed by atoms with van der Waals surface area (Å²) in [5.41, 5.74) is 14.6. The zero-order valence-electron chi connectivity index (χ0n) is 34.3. The van der Waals surface area contributed by atoms with Crippen molar-refractivity contribution in [2.45, 2.75) is 38.0 Å². The molecule has 10 aromatic carbocycles. The number of fused-ring (bicyclic) bond motifs is 4. The van der Waals surface area contributed by atoms with Crippen molar-refractivity contribution in [3.63, 3.8) is 0 Å². The summed E-state index contributed by atoms with van der Waals surface area (Å²) in [5.74, 6) is 0.573. The van der Waals surface area contributed by atoms with Crippen LogP contribution in [-0.4, -0.2) is 0 Å². The van der Waals surface area contributed by atoms with Gasteiger partial charge in [-0.1, -0.05) is 213 Å². The molecule has 0 radical (unpaired) electrons. The number of benzene rings is 10. The Morgan fingerprint density at radius 3 is 1.79 bits per heavy atom. The molecule has 292 valence electrons. The fraction of sp³-hybridized carbons (Fsp3) is 0.100. The highest BCUT2D eigenvalue weighted by atomic mass is 15.1. The molecule has 0 aromatic heterocycles. The lowest BCUT2D eigenvalue weighted by atomic mass is 9.80. The van der Waals surface area contributed by atoms with E-state index in [2.05, 4.69) is 223 Å². The molecule has 1 heteroatoms. The van der Waals surface area contributed by atoms with E-state index in [1.807, 2.05) is 0 Å². The Morgan fingerprint density at radius 2 is 0.934 bits per heavy atom. The quantitative estimate of drug-likeness (QED) is 0.139. The van der Waals surface area contributed by atoms with E-state index in [9.17, 15) is 0 Å². The molecule has 61 heavy (non-hydrogen) atoms. The Hall–Kier alpha value is -7.22. The maximum absolute atomic E-state index is 2.54. The largest absolute Gasteiger partial charge is 0.309 e. The lowest BCUT2D eigenvalue weighted by Crippen LogP contribution is -2.13. The molecule has 0 spiro atoms. The minimum absolute atomic E-state index is 0.573. The highest BCUT2D eigenvalue weighted by Gasteiger charge is 2.25. The van der Waals surface area contributed by atoms with E-state index in [4.69, 9.17) is 0 Å². The van der Waals surface area contributed by atoms with Crippen molar-refractivity contribution in [3.05, 3.63) is 224 Å². The van der Waals surface area contributed by atoms with Gasteiger partial charge in [0.15, 0.2) is 0 Å². The van der Waals surface area contributed by atoms with Crippen LogP contribution in [-0.2, 0) is 0 Å². The summed E-state index contributed by atoms with van der Waals surface area (Å²) >= 11 is 0. The maximum atomic E-state index is 2.54. The van der Waals surface area contributed by atoms with Gasteiger partial charge < -0.3 is 4.90 Å². The van der Waals surface area contributed by atoms with Crippen LogP contribution in [0.15, 0.2) is 218 Å². The highest BCUT2D eigenvalue weighted by Crippen LogP contribution is 2.50. The number of anilines is 3. The normalized spacial score (nSPS) is 13.2. The molecule has 0 amide bonds. The van der Waals surface area contributed by atoms with Gasteiger partial charge in [0, 0.05) is 16.8 Å². The predicted octanol–water partition coefficient (Wildman–Crippen LogP) is 17.3. The van der Waals surface area contributed by atoms with Crippen molar-refractivity contribution in [1.82, 2.24) is 0 Å². The van der Waals surface area contributed by atoms with Crippen LogP contribution in [0.3, 0.4) is 0 Å². The fourth-order valence-electron chi connectivity index (χ4n) is 10.3. The molecule has 1 fully saturated rings. The molecule has 0 bridgehead atoms. The van der Waals surface area contributed by atoms with Crippen molar-refractivity contribution in [3.8, 4) is 44.5 Å². The van der Waals surface area contributed by atoms with Crippen molar-refractivity contribution >= 4 is 49.4 Å². The van der Waals surface area contributed by atoms with E-state index < -0.39 is 0 Å². The first-order chi connectivity index (χ1) is 30.3. The van der Waals surface area contributed by atoms with Crippen LogP contribution in [0.25, 0.3) is 76.8 Å². The van der Waals surface area contributed by atoms with Gasteiger partial charge in [-0.15, -0.1) is 0 Å². The molecule has 1 aliphatic carbocycles. The third-order valence-electron chi connectivity index (χ3n) is 13.0. The molecular weight excluding hydrogens is 735 g/mol. The molecule has 0 unspecified atom stereocenters. The molecule has 1 saturated carbocycles. The number of hydrogen-bond acceptors (Lipinski definition) is 1. The molecule has 11 rings (SSSR count). The second-order valence-corrected chi connectivity index (χ2v) is 16.6. The molecule has 0 N–H and O–H groups in total. The molecule has 0 aliphatic heterocycles. The van der Waals surface area contributed by atoms with Crippen LogP contribution in [0.4, 0.5) is 17.1 Å². The molecule has 1 aliphatic rings. The summed E-state index contributed by atoms with van der Waals surface area (Å²) in [5, 5.41) is 7.77. The molecule has 0 saturated heterocycles. The van der Waals surface area contributed by atoms with Gasteiger partial charge in [0.05, 0.1) is 11.4 Å². The molecule has 0 atom stereocenters. The van der Waals surface area contributed by atoms with Gasteiger partial charge in [-0.2, -0.15) is 0 Å². The highest BCUT2D eigenvalue weighted by molar-refractivity contribution is 6.12. The van der Waals surface area contributed by atoms with Crippen molar-refractivity contribution in [2.75, 3.05) is 4.90 Å². The number of hydrogen-bond donors (Lipinski definition) is 0. The summed E-state index contributed by atoms with van der Waals surface area (Å²) in [6.07, 6.45) is 6.45. The van der Waals surface area contributed by atoms with E-state index in [0.29, 0.717) is 5.92 Å². The van der Waals surface area contributed by atoms with E-state index in [1.54, 1.807) is 0 Å². The third-order valence-corrected chi connectivity index (χ3v) is 13.0. The lowest BCUT2D eigenvalue weighted by molar-refractivity contribution is 0.445. The minimum Gasteiger partial charge on any atom is -0.309 e. The monoisotopic (exact) mass is 781 g/mol. The SMILES string of the molecule is c1ccc(-c2cccc(N(c3cccc(-c4cccc5c4ccc4ccccc45)c3)c3ccccc3-c3cccc4cccc(C5CCCCC5)c34)c2-c2ccccc2)cc1. The van der Waals surface area contributed by atoms with Crippen LogP contribution in [0.5, 0.6) is 0 Å². The van der Waals surface area contributed by atoms with Crippen molar-refractivity contribution < 1.29 is 0 Å². The van der Waals surface area contributed by atoms with E-state index in [1.165, 1.54) is 114 Å². The topological polar surface area (TPSA) is 3.24 Å². The van der Waals surface area contributed by atoms with Gasteiger partial charge in [0.25, 0.3) is 0 Å². The standard InChI is InChI=1S/C60H47N/c1-4-19-42(20-5-1)51-33-15-26-45-27-16-36-56(59(45)51)55-31-12-13-37-57(55)61(58-38-18-34-52(43-21-6-2-7-22-43)60(58)46-24-8-3-9-25-46)48-29-14-28-47(41-48)50-32-17-35-53-49-30-11-10-23-44(49)39-40-54(50)53/h2-3,6-18,21-42H,1,4-5,19-20H2. The van der Waals surface area contributed by atoms with Gasteiger partial charge in [-0.25, -0.2) is 0 Å². The van der Waals surface area contributed by atoms with Gasteiger partial charge in [-0.3, -0.25) is 0 Å². The summed E-state index contributed by atoms with van der Waals surface area (Å²) in [7, 11) is 0. The molecular formula is C60H47N. The zero-order chi connectivity index (χ0) is 40.5. The van der Waals surface area contributed by atoms with Crippen LogP contribution >= 0.6 is 0 Å². The Bertz CT molecular complexity index is 3170. The number of para-hydroxylation sites is 1. The maximum Gasteiger partial charge on any atom is 0.0546 e. The van der Waals surface area contributed by atoms with Crippen LogP contribution in [0.1, 0.15) is 43.6 Å².